The predicted octanol–water partition coefficient (Wildman–Crippen LogP) is 5.20. The van der Waals surface area contributed by atoms with Crippen molar-refractivity contribution in [1.29, 1.82) is 0 Å². The van der Waals surface area contributed by atoms with Crippen LogP contribution in [0.3, 0.4) is 0 Å². The maximum atomic E-state index is 4.20. The number of hydrogen-bond donors (Lipinski definition) is 0. The van der Waals surface area contributed by atoms with Crippen molar-refractivity contribution in [2.24, 2.45) is 0 Å². The van der Waals surface area contributed by atoms with Crippen molar-refractivity contribution in [3.8, 4) is 0 Å². The van der Waals surface area contributed by atoms with Crippen LogP contribution in [0.4, 0.5) is 0 Å². The molecule has 2 heterocycles. The summed E-state index contributed by atoms with van der Waals surface area (Å²) in [4.78, 5) is 4.20. The van der Waals surface area contributed by atoms with Gasteiger partial charge in [-0.05, 0) is 12.8 Å². The molecule has 0 radical (unpaired) electrons. The van der Waals surface area contributed by atoms with Gasteiger partial charge in [-0.2, -0.15) is 0 Å². The number of nitrogens with zero attached hydrogens (tertiary/aromatic N) is 2. The molecular formula is C16H28N2S2. The molecular weight excluding hydrogens is 284 g/mol. The highest BCUT2D eigenvalue weighted by atomic mass is 32.2. The molecule has 1 fully saturated rings. The fourth-order valence-corrected chi connectivity index (χ4v) is 6.64. The zero-order valence-corrected chi connectivity index (χ0v) is 14.5. The van der Waals surface area contributed by atoms with Crippen LogP contribution in [0.5, 0.6) is 0 Å². The fourth-order valence-electron chi connectivity index (χ4n) is 2.77. The van der Waals surface area contributed by atoms with Gasteiger partial charge in [0.15, 0.2) is 0 Å². The van der Waals surface area contributed by atoms with Crippen LogP contribution in [0.2, 0.25) is 0 Å². The smallest absolute Gasteiger partial charge is 0.0946 e. The Morgan fingerprint density at radius 2 is 2.10 bits per heavy atom. The lowest BCUT2D eigenvalue weighted by Crippen LogP contribution is -2.24. The predicted molar refractivity (Wildman–Crippen MR) is 92.5 cm³/mol. The maximum absolute atomic E-state index is 4.20. The van der Waals surface area contributed by atoms with E-state index in [1.165, 1.54) is 50.7 Å². The summed E-state index contributed by atoms with van der Waals surface area (Å²) < 4.78 is 2.66. The molecule has 1 aromatic heterocycles. The van der Waals surface area contributed by atoms with Gasteiger partial charge in [0.05, 0.1) is 10.4 Å². The summed E-state index contributed by atoms with van der Waals surface area (Å²) >= 11 is 4.43. The van der Waals surface area contributed by atoms with Gasteiger partial charge in [-0.25, -0.2) is 4.98 Å². The number of aromatic nitrogens is 2. The van der Waals surface area contributed by atoms with E-state index in [4.69, 9.17) is 0 Å². The van der Waals surface area contributed by atoms with Crippen molar-refractivity contribution in [2.45, 2.75) is 74.7 Å². The summed E-state index contributed by atoms with van der Waals surface area (Å²) in [6.45, 7) is 5.73. The summed E-state index contributed by atoms with van der Waals surface area (Å²) in [5.41, 5.74) is 0. The van der Waals surface area contributed by atoms with Crippen LogP contribution < -0.4 is 0 Å². The summed E-state index contributed by atoms with van der Waals surface area (Å²) in [5, 5.41) is 0.846. The molecule has 0 bridgehead atoms. The molecule has 0 saturated carbocycles. The molecule has 2 nitrogen and oxygen atoms in total. The third-order valence-corrected chi connectivity index (χ3v) is 7.89. The first kappa shape index (κ1) is 16.3. The van der Waals surface area contributed by atoms with Gasteiger partial charge in [0, 0.05) is 29.9 Å². The van der Waals surface area contributed by atoms with Crippen LogP contribution in [0.1, 0.15) is 58.8 Å². The Morgan fingerprint density at radius 3 is 2.75 bits per heavy atom. The van der Waals surface area contributed by atoms with Gasteiger partial charge in [-0.15, -0.1) is 23.5 Å². The molecule has 2 atom stereocenters. The van der Waals surface area contributed by atoms with E-state index >= 15 is 0 Å². The molecule has 2 rings (SSSR count). The zero-order valence-electron chi connectivity index (χ0n) is 12.9. The lowest BCUT2D eigenvalue weighted by atomic mass is 10.1. The van der Waals surface area contributed by atoms with E-state index in [0.717, 1.165) is 11.8 Å². The van der Waals surface area contributed by atoms with E-state index in [-0.39, 0.29) is 0 Å². The van der Waals surface area contributed by atoms with Gasteiger partial charge in [0.25, 0.3) is 0 Å². The normalized spacial score (nSPS) is 26.2. The zero-order chi connectivity index (χ0) is 14.3. The topological polar surface area (TPSA) is 17.8 Å². The number of thioether (sulfide) groups is 2. The Labute approximate surface area is 132 Å². The highest BCUT2D eigenvalue weighted by molar-refractivity contribution is 8.21. The highest BCUT2D eigenvalue weighted by Crippen LogP contribution is 2.52. The van der Waals surface area contributed by atoms with E-state index in [0.29, 0.717) is 4.08 Å². The quantitative estimate of drug-likeness (QED) is 0.584. The Morgan fingerprint density at radius 1 is 1.25 bits per heavy atom. The third kappa shape index (κ3) is 4.73. The minimum atomic E-state index is 0.396. The minimum absolute atomic E-state index is 0.396. The molecule has 2 unspecified atom stereocenters. The average molecular weight is 313 g/mol. The van der Waals surface area contributed by atoms with Crippen LogP contribution in [-0.4, -0.2) is 24.6 Å². The first-order valence-corrected chi connectivity index (χ1v) is 9.92. The second kappa shape index (κ2) is 8.38. The molecule has 114 valence electrons. The third-order valence-electron chi connectivity index (χ3n) is 4.01. The second-order valence-electron chi connectivity index (χ2n) is 5.77. The number of hydrogen-bond acceptors (Lipinski definition) is 3. The Bertz CT molecular complexity index is 367. The lowest BCUT2D eigenvalue weighted by molar-refractivity contribution is 0.538. The molecule has 0 aliphatic carbocycles. The van der Waals surface area contributed by atoms with Crippen molar-refractivity contribution in [3.63, 3.8) is 0 Å². The van der Waals surface area contributed by atoms with E-state index in [2.05, 4.69) is 53.1 Å². The molecule has 0 spiro atoms. The van der Waals surface area contributed by atoms with E-state index in [9.17, 15) is 0 Å². The van der Waals surface area contributed by atoms with Gasteiger partial charge in [-0.1, -0.05) is 46.0 Å². The minimum Gasteiger partial charge on any atom is -0.335 e. The number of unbranched alkanes of at least 4 members (excludes halogenated alkanes) is 4. The molecule has 0 amide bonds. The van der Waals surface area contributed by atoms with Gasteiger partial charge < -0.3 is 4.57 Å². The van der Waals surface area contributed by atoms with E-state index in [1.807, 2.05) is 12.5 Å². The van der Waals surface area contributed by atoms with Crippen LogP contribution in [0.15, 0.2) is 18.7 Å². The van der Waals surface area contributed by atoms with E-state index in [1.54, 1.807) is 0 Å². The highest BCUT2D eigenvalue weighted by Gasteiger charge is 2.39. The molecule has 0 N–H and O–H groups in total. The van der Waals surface area contributed by atoms with Crippen LogP contribution in [0, 0.1) is 0 Å². The van der Waals surface area contributed by atoms with Gasteiger partial charge in [0.1, 0.15) is 0 Å². The summed E-state index contributed by atoms with van der Waals surface area (Å²) in [5.74, 6) is 1.32. The summed E-state index contributed by atoms with van der Waals surface area (Å²) in [6.07, 6.45) is 15.6. The van der Waals surface area contributed by atoms with Crippen LogP contribution in [0.25, 0.3) is 0 Å². The standard InChI is InChI=1S/C16H28N2S2/c1-3-5-6-7-8-9-16(13-18-11-10-17-14-18)19-12-15(4-2)20-16/h10-11,14-15H,3-9,12-13H2,1-2H3. The first-order valence-electron chi connectivity index (χ1n) is 8.05. The average Bonchev–Trinajstić information content (AvgIpc) is 3.09. The summed E-state index contributed by atoms with van der Waals surface area (Å²) in [6, 6.07) is 0. The monoisotopic (exact) mass is 312 g/mol. The Balaban J connectivity index is 1.87. The van der Waals surface area contributed by atoms with Crippen LogP contribution in [-0.2, 0) is 6.54 Å². The van der Waals surface area contributed by atoms with Gasteiger partial charge in [0.2, 0.25) is 0 Å². The van der Waals surface area contributed by atoms with Gasteiger partial charge in [-0.3, -0.25) is 0 Å². The Hall–Kier alpha value is -0.0900. The number of imidazole rings is 1. The largest absolute Gasteiger partial charge is 0.335 e. The van der Waals surface area contributed by atoms with Gasteiger partial charge >= 0.3 is 0 Å². The molecule has 0 aromatic carbocycles. The van der Waals surface area contributed by atoms with Crippen molar-refractivity contribution in [2.75, 3.05) is 5.75 Å². The molecule has 1 aliphatic rings. The lowest BCUT2D eigenvalue weighted by Gasteiger charge is -2.28. The molecule has 20 heavy (non-hydrogen) atoms. The molecule has 1 saturated heterocycles. The molecule has 1 aliphatic heterocycles. The number of rotatable bonds is 9. The van der Waals surface area contributed by atoms with Crippen molar-refractivity contribution in [1.82, 2.24) is 9.55 Å². The summed E-state index contributed by atoms with van der Waals surface area (Å²) in [7, 11) is 0. The maximum Gasteiger partial charge on any atom is 0.0946 e. The van der Waals surface area contributed by atoms with Crippen molar-refractivity contribution < 1.29 is 0 Å². The van der Waals surface area contributed by atoms with Crippen LogP contribution >= 0.6 is 23.5 Å². The molecule has 1 aromatic rings. The SMILES string of the molecule is CCCCCCCC1(Cn2ccnc2)SCC(CC)S1. The molecule has 4 heteroatoms. The first-order chi connectivity index (χ1) is 9.78. The van der Waals surface area contributed by atoms with Crippen molar-refractivity contribution in [3.05, 3.63) is 18.7 Å². The Kier molecular flexibility index (Phi) is 6.82. The fraction of sp³-hybridized carbons (Fsp3) is 0.812. The van der Waals surface area contributed by atoms with E-state index < -0.39 is 0 Å². The second-order valence-corrected chi connectivity index (χ2v) is 9.11. The van der Waals surface area contributed by atoms with Crippen molar-refractivity contribution >= 4 is 23.5 Å².